The molecule has 1 N–H and O–H groups in total. The SMILES string of the molecule is CC.O=C(O)CC(=O)CC(=O)/C=C/c1c(C2CC2)nc2ccccc2c1-c1ccc(F)cc1. The molecule has 0 amide bonds. The maximum absolute atomic E-state index is 13.6. The third-order valence-corrected chi connectivity index (χ3v) is 5.21. The van der Waals surface area contributed by atoms with Crippen LogP contribution in [-0.2, 0) is 14.4 Å². The van der Waals surface area contributed by atoms with Gasteiger partial charge in [0.05, 0.1) is 17.6 Å². The lowest BCUT2D eigenvalue weighted by Crippen LogP contribution is -2.10. The van der Waals surface area contributed by atoms with Gasteiger partial charge in [-0.3, -0.25) is 19.4 Å². The Morgan fingerprint density at radius 1 is 1.03 bits per heavy atom. The van der Waals surface area contributed by atoms with Gasteiger partial charge >= 0.3 is 5.97 Å². The molecular formula is C27H26FNO4. The zero-order valence-corrected chi connectivity index (χ0v) is 18.7. The van der Waals surface area contributed by atoms with Gasteiger partial charge in [0.15, 0.2) is 11.6 Å². The number of carbonyl (C=O) groups excluding carboxylic acids is 2. The average Bonchev–Trinajstić information content (AvgIpc) is 3.63. The third-order valence-electron chi connectivity index (χ3n) is 5.21. The Bertz CT molecular complexity index is 1210. The van der Waals surface area contributed by atoms with Crippen molar-refractivity contribution in [2.45, 2.75) is 45.4 Å². The van der Waals surface area contributed by atoms with Gasteiger partial charge in [-0.2, -0.15) is 0 Å². The molecular weight excluding hydrogens is 421 g/mol. The van der Waals surface area contributed by atoms with Crippen LogP contribution in [0.25, 0.3) is 28.1 Å². The summed E-state index contributed by atoms with van der Waals surface area (Å²) in [5.74, 6) is -2.41. The molecule has 2 aromatic carbocycles. The number of hydrogen-bond donors (Lipinski definition) is 1. The molecule has 1 saturated carbocycles. The van der Waals surface area contributed by atoms with Crippen molar-refractivity contribution in [3.05, 3.63) is 71.7 Å². The molecule has 0 saturated heterocycles. The van der Waals surface area contributed by atoms with E-state index in [2.05, 4.69) is 0 Å². The molecule has 0 unspecified atom stereocenters. The van der Waals surface area contributed by atoms with E-state index >= 15 is 0 Å². The summed E-state index contributed by atoms with van der Waals surface area (Å²) in [7, 11) is 0. The van der Waals surface area contributed by atoms with E-state index < -0.39 is 30.4 Å². The summed E-state index contributed by atoms with van der Waals surface area (Å²) < 4.78 is 13.6. The van der Waals surface area contributed by atoms with E-state index in [1.807, 2.05) is 38.1 Å². The molecule has 0 bridgehead atoms. The smallest absolute Gasteiger partial charge is 0.310 e. The molecule has 1 aromatic heterocycles. The number of ketones is 2. The van der Waals surface area contributed by atoms with Crippen molar-refractivity contribution in [1.29, 1.82) is 0 Å². The van der Waals surface area contributed by atoms with E-state index in [1.54, 1.807) is 18.2 Å². The van der Waals surface area contributed by atoms with Crippen LogP contribution in [-0.4, -0.2) is 27.6 Å². The van der Waals surface area contributed by atoms with Crippen molar-refractivity contribution < 1.29 is 23.9 Å². The predicted molar refractivity (Wildman–Crippen MR) is 126 cm³/mol. The van der Waals surface area contributed by atoms with Gasteiger partial charge in [0, 0.05) is 22.4 Å². The maximum atomic E-state index is 13.6. The molecule has 33 heavy (non-hydrogen) atoms. The molecule has 4 rings (SSSR count). The highest BCUT2D eigenvalue weighted by Crippen LogP contribution is 2.45. The molecule has 1 aliphatic carbocycles. The molecule has 1 heterocycles. The lowest BCUT2D eigenvalue weighted by atomic mass is 9.92. The second-order valence-corrected chi connectivity index (χ2v) is 7.67. The number of para-hydroxylation sites is 1. The normalized spacial score (nSPS) is 12.9. The second-order valence-electron chi connectivity index (χ2n) is 7.67. The highest BCUT2D eigenvalue weighted by atomic mass is 19.1. The average molecular weight is 448 g/mol. The van der Waals surface area contributed by atoms with E-state index in [0.717, 1.165) is 46.1 Å². The van der Waals surface area contributed by atoms with Crippen molar-refractivity contribution in [1.82, 2.24) is 4.98 Å². The van der Waals surface area contributed by atoms with Crippen molar-refractivity contribution >= 4 is 34.5 Å². The highest BCUT2D eigenvalue weighted by molar-refractivity contribution is 6.10. The van der Waals surface area contributed by atoms with Crippen LogP contribution in [0, 0.1) is 5.82 Å². The van der Waals surface area contributed by atoms with Gasteiger partial charge in [-0.25, -0.2) is 4.39 Å². The van der Waals surface area contributed by atoms with Crippen molar-refractivity contribution in [3.63, 3.8) is 0 Å². The standard InChI is InChI=1S/C25H20FNO4.C2H6/c26-17-9-7-15(8-10-17)24-20-3-1-2-4-22(20)27-25(16-5-6-16)21(24)12-11-18(28)13-19(29)14-23(30)31;1-2/h1-4,7-12,16H,5-6,13-14H2,(H,30,31);1-2H3/b12-11+;. The van der Waals surface area contributed by atoms with Crippen molar-refractivity contribution in [2.24, 2.45) is 0 Å². The summed E-state index contributed by atoms with van der Waals surface area (Å²) in [6, 6.07) is 13.9. The van der Waals surface area contributed by atoms with E-state index in [0.29, 0.717) is 0 Å². The largest absolute Gasteiger partial charge is 0.481 e. The Morgan fingerprint density at radius 3 is 2.33 bits per heavy atom. The predicted octanol–water partition coefficient (Wildman–Crippen LogP) is 5.96. The van der Waals surface area contributed by atoms with Crippen LogP contribution in [0.2, 0.25) is 0 Å². The minimum Gasteiger partial charge on any atom is -0.481 e. The van der Waals surface area contributed by atoms with Crippen LogP contribution < -0.4 is 0 Å². The van der Waals surface area contributed by atoms with Gasteiger partial charge in [0.2, 0.25) is 0 Å². The number of nitrogens with zero attached hydrogens (tertiary/aromatic N) is 1. The number of halogens is 1. The van der Waals surface area contributed by atoms with Crippen LogP contribution >= 0.6 is 0 Å². The lowest BCUT2D eigenvalue weighted by molar-refractivity contribution is -0.140. The van der Waals surface area contributed by atoms with Gasteiger partial charge in [0.25, 0.3) is 0 Å². The number of fused-ring (bicyclic) bond motifs is 1. The summed E-state index contributed by atoms with van der Waals surface area (Å²) in [4.78, 5) is 39.5. The quantitative estimate of drug-likeness (QED) is 0.340. The van der Waals surface area contributed by atoms with Gasteiger partial charge in [-0.15, -0.1) is 0 Å². The zero-order chi connectivity index (χ0) is 24.0. The number of allylic oxidation sites excluding steroid dienone is 1. The van der Waals surface area contributed by atoms with Crippen LogP contribution in [0.3, 0.4) is 0 Å². The fourth-order valence-electron chi connectivity index (χ4n) is 3.67. The molecule has 6 heteroatoms. The molecule has 1 fully saturated rings. The van der Waals surface area contributed by atoms with Crippen LogP contribution in [0.1, 0.15) is 56.7 Å². The topological polar surface area (TPSA) is 84.3 Å². The lowest BCUT2D eigenvalue weighted by Gasteiger charge is -2.15. The Kier molecular flexibility index (Phi) is 7.83. The number of benzene rings is 2. The van der Waals surface area contributed by atoms with Gasteiger partial charge in [0.1, 0.15) is 12.2 Å². The summed E-state index contributed by atoms with van der Waals surface area (Å²) >= 11 is 0. The summed E-state index contributed by atoms with van der Waals surface area (Å²) in [6.45, 7) is 4.00. The van der Waals surface area contributed by atoms with Crippen LogP contribution in [0.15, 0.2) is 54.6 Å². The van der Waals surface area contributed by atoms with E-state index in [4.69, 9.17) is 10.1 Å². The fourth-order valence-corrected chi connectivity index (χ4v) is 3.67. The Hall–Kier alpha value is -3.67. The first-order valence-corrected chi connectivity index (χ1v) is 11.1. The number of rotatable bonds is 8. The number of carboxylic acids is 1. The van der Waals surface area contributed by atoms with Crippen molar-refractivity contribution in [3.8, 4) is 11.1 Å². The number of hydrogen-bond acceptors (Lipinski definition) is 4. The molecule has 1 aliphatic rings. The Morgan fingerprint density at radius 2 is 1.70 bits per heavy atom. The molecule has 3 aromatic rings. The number of aromatic nitrogens is 1. The number of carboxylic acid groups (broad SMARTS) is 1. The third kappa shape index (κ3) is 5.98. The summed E-state index contributed by atoms with van der Waals surface area (Å²) in [5.41, 5.74) is 4.12. The Labute approximate surface area is 192 Å². The van der Waals surface area contributed by atoms with Gasteiger partial charge < -0.3 is 5.11 Å². The number of carbonyl (C=O) groups is 3. The second kappa shape index (κ2) is 10.8. The maximum Gasteiger partial charge on any atom is 0.310 e. The molecule has 0 spiro atoms. The first-order valence-electron chi connectivity index (χ1n) is 11.1. The summed E-state index contributed by atoms with van der Waals surface area (Å²) in [5, 5.41) is 9.59. The molecule has 170 valence electrons. The monoisotopic (exact) mass is 447 g/mol. The molecule has 0 atom stereocenters. The van der Waals surface area contributed by atoms with Gasteiger partial charge in [-0.1, -0.05) is 44.2 Å². The van der Waals surface area contributed by atoms with Crippen molar-refractivity contribution in [2.75, 3.05) is 0 Å². The molecule has 0 radical (unpaired) electrons. The van der Waals surface area contributed by atoms with E-state index in [-0.39, 0.29) is 11.7 Å². The van der Waals surface area contributed by atoms with Gasteiger partial charge in [-0.05, 0) is 48.8 Å². The number of aliphatic carboxylic acids is 1. The fraction of sp³-hybridized carbons (Fsp3) is 0.259. The first kappa shape index (κ1) is 24.0. The number of Topliss-reactive ketones (excluding diaryl/α,β-unsaturated/α-hetero) is 1. The zero-order valence-electron chi connectivity index (χ0n) is 18.7. The van der Waals surface area contributed by atoms with E-state index in [1.165, 1.54) is 18.2 Å². The Balaban J connectivity index is 0.00000149. The molecule has 0 aliphatic heterocycles. The van der Waals surface area contributed by atoms with Crippen LogP contribution in [0.4, 0.5) is 4.39 Å². The molecule has 5 nitrogen and oxygen atoms in total. The first-order chi connectivity index (χ1) is 15.9. The summed E-state index contributed by atoms with van der Waals surface area (Å²) in [6.07, 6.45) is 3.83. The minimum absolute atomic E-state index is 0.284. The van der Waals surface area contributed by atoms with Crippen LogP contribution in [0.5, 0.6) is 0 Å². The van der Waals surface area contributed by atoms with E-state index in [9.17, 15) is 18.8 Å². The highest BCUT2D eigenvalue weighted by Gasteiger charge is 2.29. The minimum atomic E-state index is -1.25. The number of pyridine rings is 1.